The molecule has 2 rings (SSSR count). The van der Waals surface area contributed by atoms with Crippen LogP contribution >= 0.6 is 23.2 Å². The Morgan fingerprint density at radius 3 is 2.67 bits per heavy atom. The Kier molecular flexibility index (Phi) is 5.77. The number of nitrogens with one attached hydrogen (secondary N) is 1. The van der Waals surface area contributed by atoms with Crippen molar-refractivity contribution in [2.24, 2.45) is 0 Å². The molecular weight excluding hydrogens is 267 g/mol. The van der Waals surface area contributed by atoms with Gasteiger partial charge in [0.15, 0.2) is 0 Å². The van der Waals surface area contributed by atoms with Crippen LogP contribution in [0.4, 0.5) is 0 Å². The van der Waals surface area contributed by atoms with Crippen molar-refractivity contribution in [3.8, 4) is 0 Å². The lowest BCUT2D eigenvalue weighted by Gasteiger charge is -2.27. The standard InChI is InChI=1S/C14H20Cl2N2/c15-13-6-3-5-12(14(13)16)4-1-2-9-18-10-7-17-8-11-18/h3,5-6,17H,1-2,4,7-11H2. The van der Waals surface area contributed by atoms with Gasteiger partial charge in [0.25, 0.3) is 0 Å². The number of halogens is 2. The quantitative estimate of drug-likeness (QED) is 0.836. The summed E-state index contributed by atoms with van der Waals surface area (Å²) in [7, 11) is 0. The molecule has 1 heterocycles. The summed E-state index contributed by atoms with van der Waals surface area (Å²) in [5, 5.41) is 4.76. The Hall–Kier alpha value is -0.280. The van der Waals surface area contributed by atoms with E-state index >= 15 is 0 Å². The summed E-state index contributed by atoms with van der Waals surface area (Å²) < 4.78 is 0. The molecule has 0 radical (unpaired) electrons. The molecule has 0 aromatic heterocycles. The van der Waals surface area contributed by atoms with Crippen molar-refractivity contribution in [2.75, 3.05) is 32.7 Å². The van der Waals surface area contributed by atoms with Gasteiger partial charge < -0.3 is 10.2 Å². The fraction of sp³-hybridized carbons (Fsp3) is 0.571. The Balaban J connectivity index is 1.70. The van der Waals surface area contributed by atoms with Crippen molar-refractivity contribution in [1.29, 1.82) is 0 Å². The highest BCUT2D eigenvalue weighted by Crippen LogP contribution is 2.26. The molecule has 1 aliphatic rings. The molecule has 1 saturated heterocycles. The van der Waals surface area contributed by atoms with Crippen LogP contribution in [0.25, 0.3) is 0 Å². The zero-order valence-electron chi connectivity index (χ0n) is 10.6. The van der Waals surface area contributed by atoms with Crippen molar-refractivity contribution < 1.29 is 0 Å². The van der Waals surface area contributed by atoms with Gasteiger partial charge in [0, 0.05) is 26.2 Å². The predicted octanol–water partition coefficient (Wildman–Crippen LogP) is 3.22. The lowest BCUT2D eigenvalue weighted by Crippen LogP contribution is -2.43. The molecule has 18 heavy (non-hydrogen) atoms. The van der Waals surface area contributed by atoms with Crippen LogP contribution in [0, 0.1) is 0 Å². The number of hydrogen-bond acceptors (Lipinski definition) is 2. The van der Waals surface area contributed by atoms with Crippen LogP contribution < -0.4 is 5.32 Å². The Labute approximate surface area is 119 Å². The molecule has 0 unspecified atom stereocenters. The van der Waals surface area contributed by atoms with E-state index in [1.165, 1.54) is 38.0 Å². The third-order valence-electron chi connectivity index (χ3n) is 3.41. The minimum Gasteiger partial charge on any atom is -0.314 e. The number of hydrogen-bond donors (Lipinski definition) is 1. The first-order valence-electron chi connectivity index (χ1n) is 6.63. The summed E-state index contributed by atoms with van der Waals surface area (Å²) in [4.78, 5) is 2.52. The van der Waals surface area contributed by atoms with E-state index in [0.717, 1.165) is 24.5 Å². The molecule has 1 N–H and O–H groups in total. The van der Waals surface area contributed by atoms with Gasteiger partial charge in [-0.25, -0.2) is 0 Å². The normalized spacial score (nSPS) is 17.0. The maximum absolute atomic E-state index is 6.17. The van der Waals surface area contributed by atoms with E-state index in [1.54, 1.807) is 0 Å². The largest absolute Gasteiger partial charge is 0.314 e. The fourth-order valence-corrected chi connectivity index (χ4v) is 2.74. The van der Waals surface area contributed by atoms with Crippen LogP contribution in [0.1, 0.15) is 18.4 Å². The molecule has 1 aliphatic heterocycles. The fourth-order valence-electron chi connectivity index (χ4n) is 2.33. The van der Waals surface area contributed by atoms with Crippen LogP contribution in [0.15, 0.2) is 18.2 Å². The van der Waals surface area contributed by atoms with E-state index in [-0.39, 0.29) is 0 Å². The van der Waals surface area contributed by atoms with E-state index < -0.39 is 0 Å². The summed E-state index contributed by atoms with van der Waals surface area (Å²) in [5.74, 6) is 0. The third kappa shape index (κ3) is 4.13. The van der Waals surface area contributed by atoms with Crippen LogP contribution in [0.2, 0.25) is 10.0 Å². The summed E-state index contributed by atoms with van der Waals surface area (Å²) in [6.45, 7) is 5.80. The first-order valence-corrected chi connectivity index (χ1v) is 7.39. The average Bonchev–Trinajstić information content (AvgIpc) is 2.40. The van der Waals surface area contributed by atoms with E-state index in [0.29, 0.717) is 5.02 Å². The van der Waals surface area contributed by atoms with Crippen molar-refractivity contribution in [3.05, 3.63) is 33.8 Å². The van der Waals surface area contributed by atoms with Crippen LogP contribution in [-0.2, 0) is 6.42 Å². The number of nitrogens with zero attached hydrogens (tertiary/aromatic N) is 1. The second-order valence-corrected chi connectivity index (χ2v) is 5.55. The van der Waals surface area contributed by atoms with Crippen LogP contribution in [0.5, 0.6) is 0 Å². The monoisotopic (exact) mass is 286 g/mol. The topological polar surface area (TPSA) is 15.3 Å². The van der Waals surface area contributed by atoms with Gasteiger partial charge in [0.2, 0.25) is 0 Å². The zero-order valence-corrected chi connectivity index (χ0v) is 12.1. The molecular formula is C14H20Cl2N2. The number of unbranched alkanes of at least 4 members (excludes halogenated alkanes) is 1. The molecule has 0 amide bonds. The molecule has 1 aromatic carbocycles. The molecule has 0 saturated carbocycles. The van der Waals surface area contributed by atoms with Gasteiger partial charge in [-0.2, -0.15) is 0 Å². The molecule has 0 atom stereocenters. The predicted molar refractivity (Wildman–Crippen MR) is 78.7 cm³/mol. The lowest BCUT2D eigenvalue weighted by molar-refractivity contribution is 0.237. The van der Waals surface area contributed by atoms with Gasteiger partial charge in [-0.3, -0.25) is 0 Å². The van der Waals surface area contributed by atoms with Gasteiger partial charge in [0.05, 0.1) is 10.0 Å². The molecule has 1 aromatic rings. The van der Waals surface area contributed by atoms with Gasteiger partial charge in [0.1, 0.15) is 0 Å². The van der Waals surface area contributed by atoms with Crippen molar-refractivity contribution in [3.63, 3.8) is 0 Å². The highest BCUT2D eigenvalue weighted by Gasteiger charge is 2.09. The first kappa shape index (κ1) is 14.1. The van der Waals surface area contributed by atoms with E-state index in [4.69, 9.17) is 23.2 Å². The molecule has 1 fully saturated rings. The SMILES string of the molecule is Clc1cccc(CCCCN2CCNCC2)c1Cl. The summed E-state index contributed by atoms with van der Waals surface area (Å²) >= 11 is 12.2. The number of rotatable bonds is 5. The molecule has 0 bridgehead atoms. The highest BCUT2D eigenvalue weighted by atomic mass is 35.5. The van der Waals surface area contributed by atoms with Gasteiger partial charge >= 0.3 is 0 Å². The van der Waals surface area contributed by atoms with Gasteiger partial charge in [-0.15, -0.1) is 0 Å². The second kappa shape index (κ2) is 7.34. The average molecular weight is 287 g/mol. The Morgan fingerprint density at radius 2 is 1.89 bits per heavy atom. The van der Waals surface area contributed by atoms with Crippen molar-refractivity contribution >= 4 is 23.2 Å². The highest BCUT2D eigenvalue weighted by molar-refractivity contribution is 6.42. The van der Waals surface area contributed by atoms with E-state index in [9.17, 15) is 0 Å². The maximum atomic E-state index is 6.17. The van der Waals surface area contributed by atoms with E-state index in [1.807, 2.05) is 12.1 Å². The minimum atomic E-state index is 0.663. The molecule has 100 valence electrons. The smallest absolute Gasteiger partial charge is 0.0624 e. The number of benzene rings is 1. The zero-order chi connectivity index (χ0) is 12.8. The summed E-state index contributed by atoms with van der Waals surface area (Å²) in [6.07, 6.45) is 3.41. The molecule has 4 heteroatoms. The number of aryl methyl sites for hydroxylation is 1. The van der Waals surface area contributed by atoms with E-state index in [2.05, 4.69) is 16.3 Å². The second-order valence-electron chi connectivity index (χ2n) is 4.76. The van der Waals surface area contributed by atoms with Crippen LogP contribution in [-0.4, -0.2) is 37.6 Å². The Bertz CT molecular complexity index is 376. The first-order chi connectivity index (χ1) is 8.77. The van der Waals surface area contributed by atoms with Gasteiger partial charge in [-0.05, 0) is 37.4 Å². The van der Waals surface area contributed by atoms with Crippen LogP contribution in [0.3, 0.4) is 0 Å². The van der Waals surface area contributed by atoms with Crippen molar-refractivity contribution in [2.45, 2.75) is 19.3 Å². The molecule has 2 nitrogen and oxygen atoms in total. The lowest BCUT2D eigenvalue weighted by atomic mass is 10.1. The van der Waals surface area contributed by atoms with Gasteiger partial charge in [-0.1, -0.05) is 35.3 Å². The molecule has 0 aliphatic carbocycles. The van der Waals surface area contributed by atoms with Crippen molar-refractivity contribution in [1.82, 2.24) is 10.2 Å². The maximum Gasteiger partial charge on any atom is 0.0624 e. The number of piperazine rings is 1. The minimum absolute atomic E-state index is 0.663. The summed E-state index contributed by atoms with van der Waals surface area (Å²) in [5.41, 5.74) is 1.17. The third-order valence-corrected chi connectivity index (χ3v) is 4.27. The summed E-state index contributed by atoms with van der Waals surface area (Å²) in [6, 6.07) is 5.88. The Morgan fingerprint density at radius 1 is 1.11 bits per heavy atom. The molecule has 0 spiro atoms.